The normalized spacial score (nSPS) is 15.9. The van der Waals surface area contributed by atoms with Crippen LogP contribution in [0.4, 0.5) is 10.5 Å². The number of amides is 2. The predicted molar refractivity (Wildman–Crippen MR) is 95.7 cm³/mol. The third kappa shape index (κ3) is 3.60. The van der Waals surface area contributed by atoms with Gasteiger partial charge in [0.15, 0.2) is 0 Å². The van der Waals surface area contributed by atoms with Crippen LogP contribution in [0.2, 0.25) is 0 Å². The Labute approximate surface area is 144 Å². The summed E-state index contributed by atoms with van der Waals surface area (Å²) in [5.41, 5.74) is 1.70. The van der Waals surface area contributed by atoms with Gasteiger partial charge in [0.05, 0.1) is 18.7 Å². The van der Waals surface area contributed by atoms with Crippen molar-refractivity contribution in [2.75, 3.05) is 19.1 Å². The third-order valence-corrected chi connectivity index (χ3v) is 4.41. The lowest BCUT2D eigenvalue weighted by molar-refractivity contribution is -0.122. The van der Waals surface area contributed by atoms with E-state index in [1.54, 1.807) is 13.2 Å². The van der Waals surface area contributed by atoms with E-state index in [0.29, 0.717) is 4.91 Å². The van der Waals surface area contributed by atoms with Gasteiger partial charge in [-0.1, -0.05) is 30.3 Å². The Bertz CT molecular complexity index is 773. The number of imide groups is 1. The minimum absolute atomic E-state index is 0.128. The molecule has 0 aromatic heterocycles. The number of carbonyl (C=O) groups is 2. The van der Waals surface area contributed by atoms with Crippen LogP contribution in [0.3, 0.4) is 0 Å². The van der Waals surface area contributed by atoms with Gasteiger partial charge in [0.1, 0.15) is 5.75 Å². The standard InChI is InChI=1S/C18H16N2O3S/c1-23-15-9-7-14(8-10-15)19-12-20-17(21)16(24-18(20)22)11-13-5-3-2-4-6-13/h2-11,19H,12H2,1H3. The number of hydrogen-bond acceptors (Lipinski definition) is 5. The molecule has 5 nitrogen and oxygen atoms in total. The summed E-state index contributed by atoms with van der Waals surface area (Å²) in [5.74, 6) is 0.465. The Morgan fingerprint density at radius 3 is 2.46 bits per heavy atom. The van der Waals surface area contributed by atoms with Crippen molar-refractivity contribution in [3.8, 4) is 5.75 Å². The second-order valence-electron chi connectivity index (χ2n) is 5.08. The SMILES string of the molecule is COc1ccc(NCN2C(=O)SC(=Cc3ccccc3)C2=O)cc1. The van der Waals surface area contributed by atoms with Crippen LogP contribution in [0.15, 0.2) is 59.5 Å². The summed E-state index contributed by atoms with van der Waals surface area (Å²) in [6.07, 6.45) is 1.73. The number of carbonyl (C=O) groups excluding carboxylic acids is 2. The van der Waals surface area contributed by atoms with Crippen LogP contribution in [-0.2, 0) is 4.79 Å². The van der Waals surface area contributed by atoms with Crippen molar-refractivity contribution in [1.29, 1.82) is 0 Å². The number of nitrogens with one attached hydrogen (secondary N) is 1. The van der Waals surface area contributed by atoms with Gasteiger partial charge < -0.3 is 10.1 Å². The van der Waals surface area contributed by atoms with E-state index < -0.39 is 0 Å². The Morgan fingerprint density at radius 1 is 1.08 bits per heavy atom. The molecule has 24 heavy (non-hydrogen) atoms. The third-order valence-electron chi connectivity index (χ3n) is 3.50. The number of hydrogen-bond donors (Lipinski definition) is 1. The Morgan fingerprint density at radius 2 is 1.79 bits per heavy atom. The van der Waals surface area contributed by atoms with Crippen LogP contribution in [0.5, 0.6) is 5.75 Å². The summed E-state index contributed by atoms with van der Waals surface area (Å²) in [7, 11) is 1.60. The van der Waals surface area contributed by atoms with E-state index in [1.165, 1.54) is 4.90 Å². The van der Waals surface area contributed by atoms with E-state index in [4.69, 9.17) is 4.74 Å². The fourth-order valence-electron chi connectivity index (χ4n) is 2.22. The number of benzene rings is 2. The van der Waals surface area contributed by atoms with Crippen LogP contribution < -0.4 is 10.1 Å². The molecular formula is C18H16N2O3S. The van der Waals surface area contributed by atoms with E-state index in [0.717, 1.165) is 28.8 Å². The molecule has 1 saturated heterocycles. The largest absolute Gasteiger partial charge is 0.497 e. The lowest BCUT2D eigenvalue weighted by Crippen LogP contribution is -2.33. The number of rotatable bonds is 5. The second-order valence-corrected chi connectivity index (χ2v) is 6.08. The van der Waals surface area contributed by atoms with Gasteiger partial charge in [-0.2, -0.15) is 0 Å². The van der Waals surface area contributed by atoms with Gasteiger partial charge in [-0.15, -0.1) is 0 Å². The molecule has 2 aromatic carbocycles. The molecule has 0 saturated carbocycles. The van der Waals surface area contributed by atoms with E-state index in [-0.39, 0.29) is 17.8 Å². The highest BCUT2D eigenvalue weighted by Gasteiger charge is 2.34. The summed E-state index contributed by atoms with van der Waals surface area (Å²) < 4.78 is 5.09. The zero-order valence-electron chi connectivity index (χ0n) is 13.1. The minimum Gasteiger partial charge on any atom is -0.497 e. The molecule has 0 radical (unpaired) electrons. The lowest BCUT2D eigenvalue weighted by atomic mass is 10.2. The number of nitrogens with zero attached hydrogens (tertiary/aromatic N) is 1. The van der Waals surface area contributed by atoms with Crippen molar-refractivity contribution in [3.05, 3.63) is 65.1 Å². The summed E-state index contributed by atoms with van der Waals surface area (Å²) in [6.45, 7) is 0.128. The van der Waals surface area contributed by atoms with Gasteiger partial charge in [0, 0.05) is 5.69 Å². The van der Waals surface area contributed by atoms with Gasteiger partial charge >= 0.3 is 0 Å². The minimum atomic E-state index is -0.283. The molecule has 0 aliphatic carbocycles. The molecule has 2 amide bonds. The second kappa shape index (κ2) is 7.23. The van der Waals surface area contributed by atoms with Crippen molar-refractivity contribution in [3.63, 3.8) is 0 Å². The highest BCUT2D eigenvalue weighted by molar-refractivity contribution is 8.18. The van der Waals surface area contributed by atoms with Crippen molar-refractivity contribution in [1.82, 2.24) is 4.90 Å². The molecule has 0 unspecified atom stereocenters. The van der Waals surface area contributed by atoms with Crippen LogP contribution in [0.25, 0.3) is 6.08 Å². The molecule has 0 atom stereocenters. The maximum absolute atomic E-state index is 12.4. The highest BCUT2D eigenvalue weighted by Crippen LogP contribution is 2.32. The molecular weight excluding hydrogens is 324 g/mol. The van der Waals surface area contributed by atoms with Crippen molar-refractivity contribution in [2.45, 2.75) is 0 Å². The molecule has 122 valence electrons. The number of ether oxygens (including phenoxy) is 1. The van der Waals surface area contributed by atoms with E-state index >= 15 is 0 Å². The monoisotopic (exact) mass is 340 g/mol. The topological polar surface area (TPSA) is 58.6 Å². The molecule has 0 spiro atoms. The fourth-order valence-corrected chi connectivity index (χ4v) is 3.05. The van der Waals surface area contributed by atoms with Crippen LogP contribution in [-0.4, -0.2) is 29.8 Å². The predicted octanol–water partition coefficient (Wildman–Crippen LogP) is 3.80. The summed E-state index contributed by atoms with van der Waals surface area (Å²) in [4.78, 5) is 26.1. The maximum atomic E-state index is 12.4. The lowest BCUT2D eigenvalue weighted by Gasteiger charge is -2.14. The quantitative estimate of drug-likeness (QED) is 0.839. The van der Waals surface area contributed by atoms with Crippen molar-refractivity contribution >= 4 is 34.7 Å². The Kier molecular flexibility index (Phi) is 4.86. The summed E-state index contributed by atoms with van der Waals surface area (Å²) in [6, 6.07) is 16.8. The maximum Gasteiger partial charge on any atom is 0.295 e. The number of anilines is 1. The fraction of sp³-hybridized carbons (Fsp3) is 0.111. The van der Waals surface area contributed by atoms with E-state index in [2.05, 4.69) is 5.32 Å². The zero-order valence-corrected chi connectivity index (χ0v) is 13.9. The Hall–Kier alpha value is -2.73. The summed E-state index contributed by atoms with van der Waals surface area (Å²) >= 11 is 0.956. The average molecular weight is 340 g/mol. The summed E-state index contributed by atoms with van der Waals surface area (Å²) in [5, 5.41) is 2.80. The van der Waals surface area contributed by atoms with Crippen molar-refractivity contribution in [2.24, 2.45) is 0 Å². The molecule has 2 aromatic rings. The smallest absolute Gasteiger partial charge is 0.295 e. The molecule has 3 rings (SSSR count). The van der Waals surface area contributed by atoms with Gasteiger partial charge in [0.25, 0.3) is 11.1 Å². The van der Waals surface area contributed by atoms with Gasteiger partial charge in [-0.25, -0.2) is 0 Å². The van der Waals surface area contributed by atoms with E-state index in [9.17, 15) is 9.59 Å². The first kappa shape index (κ1) is 16.1. The van der Waals surface area contributed by atoms with Crippen molar-refractivity contribution < 1.29 is 14.3 Å². The molecule has 1 heterocycles. The molecule has 6 heteroatoms. The van der Waals surface area contributed by atoms with E-state index in [1.807, 2.05) is 54.6 Å². The molecule has 1 aliphatic rings. The van der Waals surface area contributed by atoms with Crippen LogP contribution in [0, 0.1) is 0 Å². The zero-order chi connectivity index (χ0) is 16.9. The van der Waals surface area contributed by atoms with Crippen LogP contribution >= 0.6 is 11.8 Å². The molecule has 1 aliphatic heterocycles. The molecule has 1 N–H and O–H groups in total. The Balaban J connectivity index is 1.67. The first-order chi connectivity index (χ1) is 11.7. The number of thioether (sulfide) groups is 1. The van der Waals surface area contributed by atoms with Gasteiger partial charge in [0.2, 0.25) is 0 Å². The molecule has 0 bridgehead atoms. The average Bonchev–Trinajstić information content (AvgIpc) is 2.88. The van der Waals surface area contributed by atoms with Gasteiger partial charge in [-0.05, 0) is 47.7 Å². The first-order valence-electron chi connectivity index (χ1n) is 7.36. The first-order valence-corrected chi connectivity index (χ1v) is 8.17. The number of methoxy groups -OCH3 is 1. The highest BCUT2D eigenvalue weighted by atomic mass is 32.2. The molecule has 1 fully saturated rings. The van der Waals surface area contributed by atoms with Gasteiger partial charge in [-0.3, -0.25) is 14.5 Å². The van der Waals surface area contributed by atoms with Crippen LogP contribution in [0.1, 0.15) is 5.56 Å².